The van der Waals surface area contributed by atoms with Crippen LogP contribution in [0, 0.1) is 0 Å². The van der Waals surface area contributed by atoms with E-state index in [0.29, 0.717) is 0 Å². The van der Waals surface area contributed by atoms with Crippen molar-refractivity contribution in [2.75, 3.05) is 6.54 Å². The zero-order chi connectivity index (χ0) is 13.4. The van der Waals surface area contributed by atoms with E-state index in [1.165, 1.54) is 0 Å². The molecule has 0 aliphatic heterocycles. The summed E-state index contributed by atoms with van der Waals surface area (Å²) in [6.07, 6.45) is 6.24. The number of unbranched alkanes of at least 4 members (excludes halogenated alkanes) is 1. The smallest absolute Gasteiger partial charge is 0.0454 e. The van der Waals surface area contributed by atoms with Crippen LogP contribution < -0.4 is 5.32 Å². The molecule has 1 aromatic rings. The fourth-order valence-electron chi connectivity index (χ4n) is 1.93. The zero-order valence-electron chi connectivity index (χ0n) is 10.9. The summed E-state index contributed by atoms with van der Waals surface area (Å²) < 4.78 is 0. The Morgan fingerprint density at radius 1 is 1.39 bits per heavy atom. The summed E-state index contributed by atoms with van der Waals surface area (Å²) in [5, 5.41) is 5.06. The van der Waals surface area contributed by atoms with Gasteiger partial charge in [0.2, 0.25) is 0 Å². The topological polar surface area (TPSA) is 12.0 Å². The van der Waals surface area contributed by atoms with Crippen LogP contribution in [0.15, 0.2) is 30.9 Å². The third kappa shape index (κ3) is 5.01. The molecule has 1 N–H and O–H groups in total. The molecule has 0 saturated heterocycles. The van der Waals surface area contributed by atoms with Gasteiger partial charge in [0, 0.05) is 16.1 Å². The number of nitrogens with one attached hydrogen (secondary N) is 1. The minimum absolute atomic E-state index is 0.274. The standard InChI is InChI=1S/C15H21Cl2N/c1-3-5-6-7-15(18-10-4-2)13-11-12(16)8-9-14(13)17/h3,8-9,11,15,18H,1,4-7,10H2,2H3. The molecule has 1 rings (SSSR count). The summed E-state index contributed by atoms with van der Waals surface area (Å²) in [5.74, 6) is 0. The first-order valence-electron chi connectivity index (χ1n) is 6.48. The van der Waals surface area contributed by atoms with Gasteiger partial charge in [-0.25, -0.2) is 0 Å². The second kappa shape index (κ2) is 8.58. The molecule has 0 bridgehead atoms. The van der Waals surface area contributed by atoms with Crippen molar-refractivity contribution in [1.29, 1.82) is 0 Å². The molecule has 0 aliphatic rings. The summed E-state index contributed by atoms with van der Waals surface area (Å²) >= 11 is 12.3. The van der Waals surface area contributed by atoms with Gasteiger partial charge in [0.1, 0.15) is 0 Å². The van der Waals surface area contributed by atoms with E-state index in [1.54, 1.807) is 0 Å². The molecule has 1 aromatic carbocycles. The van der Waals surface area contributed by atoms with Gasteiger partial charge in [-0.05, 0) is 56.0 Å². The van der Waals surface area contributed by atoms with Crippen LogP contribution in [0.1, 0.15) is 44.2 Å². The molecule has 0 aliphatic carbocycles. The number of halogens is 2. The van der Waals surface area contributed by atoms with E-state index in [2.05, 4.69) is 18.8 Å². The first-order chi connectivity index (χ1) is 8.69. The van der Waals surface area contributed by atoms with Gasteiger partial charge in [-0.1, -0.05) is 36.2 Å². The first kappa shape index (κ1) is 15.6. The van der Waals surface area contributed by atoms with Crippen molar-refractivity contribution in [3.8, 4) is 0 Å². The van der Waals surface area contributed by atoms with E-state index in [-0.39, 0.29) is 6.04 Å². The van der Waals surface area contributed by atoms with Crippen molar-refractivity contribution >= 4 is 23.2 Å². The van der Waals surface area contributed by atoms with E-state index in [9.17, 15) is 0 Å². The number of allylic oxidation sites excluding steroid dienone is 1. The molecule has 0 spiro atoms. The van der Waals surface area contributed by atoms with Crippen molar-refractivity contribution in [2.24, 2.45) is 0 Å². The molecule has 0 amide bonds. The van der Waals surface area contributed by atoms with Crippen LogP contribution in [0.4, 0.5) is 0 Å². The normalized spacial score (nSPS) is 12.4. The van der Waals surface area contributed by atoms with Crippen LogP contribution in [0.5, 0.6) is 0 Å². The summed E-state index contributed by atoms with van der Waals surface area (Å²) in [7, 11) is 0. The van der Waals surface area contributed by atoms with E-state index >= 15 is 0 Å². The van der Waals surface area contributed by atoms with Crippen molar-refractivity contribution in [1.82, 2.24) is 5.32 Å². The molecule has 0 saturated carbocycles. The van der Waals surface area contributed by atoms with E-state index < -0.39 is 0 Å². The fourth-order valence-corrected chi connectivity index (χ4v) is 2.36. The molecule has 0 aromatic heterocycles. The molecule has 100 valence electrons. The number of hydrogen-bond donors (Lipinski definition) is 1. The molecule has 1 atom stereocenters. The minimum atomic E-state index is 0.274. The lowest BCUT2D eigenvalue weighted by Crippen LogP contribution is -2.22. The predicted octanol–water partition coefficient (Wildman–Crippen LogP) is 5.39. The highest BCUT2D eigenvalue weighted by atomic mass is 35.5. The Balaban J connectivity index is 2.78. The third-order valence-corrected chi connectivity index (χ3v) is 3.45. The van der Waals surface area contributed by atoms with Gasteiger partial charge in [-0.2, -0.15) is 0 Å². The molecule has 18 heavy (non-hydrogen) atoms. The van der Waals surface area contributed by atoms with E-state index in [0.717, 1.165) is 47.8 Å². The molecule has 1 unspecified atom stereocenters. The Kier molecular flexibility index (Phi) is 7.41. The highest BCUT2D eigenvalue weighted by Crippen LogP contribution is 2.29. The SMILES string of the molecule is C=CCCCC(NCCC)c1cc(Cl)ccc1Cl. The van der Waals surface area contributed by atoms with Crippen molar-refractivity contribution in [2.45, 2.75) is 38.6 Å². The van der Waals surface area contributed by atoms with Crippen LogP contribution in [-0.4, -0.2) is 6.54 Å². The van der Waals surface area contributed by atoms with Gasteiger partial charge >= 0.3 is 0 Å². The average molecular weight is 286 g/mol. The molecular formula is C15H21Cl2N. The molecular weight excluding hydrogens is 265 g/mol. The van der Waals surface area contributed by atoms with Crippen molar-refractivity contribution < 1.29 is 0 Å². The Labute approximate surface area is 120 Å². The highest BCUT2D eigenvalue weighted by molar-refractivity contribution is 6.33. The maximum absolute atomic E-state index is 6.26. The Morgan fingerprint density at radius 2 is 2.17 bits per heavy atom. The number of benzene rings is 1. The first-order valence-corrected chi connectivity index (χ1v) is 7.23. The maximum atomic E-state index is 6.26. The van der Waals surface area contributed by atoms with Gasteiger partial charge in [-0.3, -0.25) is 0 Å². The lowest BCUT2D eigenvalue weighted by Gasteiger charge is -2.20. The summed E-state index contributed by atoms with van der Waals surface area (Å²) in [4.78, 5) is 0. The third-order valence-electron chi connectivity index (χ3n) is 2.88. The molecule has 1 nitrogen and oxygen atoms in total. The number of rotatable bonds is 8. The molecule has 0 heterocycles. The Bertz CT molecular complexity index is 377. The van der Waals surface area contributed by atoms with Crippen LogP contribution in [0.3, 0.4) is 0 Å². The Morgan fingerprint density at radius 3 is 2.83 bits per heavy atom. The predicted molar refractivity (Wildman–Crippen MR) is 81.5 cm³/mol. The molecule has 3 heteroatoms. The monoisotopic (exact) mass is 285 g/mol. The largest absolute Gasteiger partial charge is 0.310 e. The minimum Gasteiger partial charge on any atom is -0.310 e. The summed E-state index contributed by atoms with van der Waals surface area (Å²) in [6, 6.07) is 5.93. The lowest BCUT2D eigenvalue weighted by molar-refractivity contribution is 0.486. The van der Waals surface area contributed by atoms with E-state index in [4.69, 9.17) is 23.2 Å². The summed E-state index contributed by atoms with van der Waals surface area (Å²) in [5.41, 5.74) is 1.10. The lowest BCUT2D eigenvalue weighted by atomic mass is 10.0. The van der Waals surface area contributed by atoms with Gasteiger partial charge < -0.3 is 5.32 Å². The van der Waals surface area contributed by atoms with Gasteiger partial charge in [0.15, 0.2) is 0 Å². The Hall–Kier alpha value is -0.500. The van der Waals surface area contributed by atoms with Gasteiger partial charge in [-0.15, -0.1) is 6.58 Å². The summed E-state index contributed by atoms with van der Waals surface area (Å²) in [6.45, 7) is 6.90. The van der Waals surface area contributed by atoms with Gasteiger partial charge in [0.05, 0.1) is 0 Å². The quantitative estimate of drug-likeness (QED) is 0.499. The molecule has 0 radical (unpaired) electrons. The van der Waals surface area contributed by atoms with Crippen LogP contribution >= 0.6 is 23.2 Å². The zero-order valence-corrected chi connectivity index (χ0v) is 12.4. The highest BCUT2D eigenvalue weighted by Gasteiger charge is 2.14. The van der Waals surface area contributed by atoms with Crippen molar-refractivity contribution in [3.05, 3.63) is 46.5 Å². The second-order valence-corrected chi connectivity index (χ2v) is 5.24. The fraction of sp³-hybridized carbons (Fsp3) is 0.467. The van der Waals surface area contributed by atoms with E-state index in [1.807, 2.05) is 24.3 Å². The maximum Gasteiger partial charge on any atom is 0.0454 e. The average Bonchev–Trinajstić information content (AvgIpc) is 2.37. The second-order valence-electron chi connectivity index (χ2n) is 4.39. The van der Waals surface area contributed by atoms with Crippen LogP contribution in [-0.2, 0) is 0 Å². The molecule has 0 fully saturated rings. The van der Waals surface area contributed by atoms with Crippen LogP contribution in [0.2, 0.25) is 10.0 Å². The number of hydrogen-bond acceptors (Lipinski definition) is 1. The van der Waals surface area contributed by atoms with Crippen molar-refractivity contribution in [3.63, 3.8) is 0 Å². The van der Waals surface area contributed by atoms with Gasteiger partial charge in [0.25, 0.3) is 0 Å². The van der Waals surface area contributed by atoms with Crippen LogP contribution in [0.25, 0.3) is 0 Å².